The first kappa shape index (κ1) is 30.5. The van der Waals surface area contributed by atoms with Gasteiger partial charge in [-0.15, -0.1) is 0 Å². The number of carbonyl (C=O) groups excluding carboxylic acids is 3. The quantitative estimate of drug-likeness (QED) is 0.213. The molecule has 1 N–H and O–H groups in total. The number of fused-ring (bicyclic) bond motifs is 1. The minimum absolute atomic E-state index is 0.122. The molecule has 2 atom stereocenters. The predicted molar refractivity (Wildman–Crippen MR) is 153 cm³/mol. The van der Waals surface area contributed by atoms with Crippen molar-refractivity contribution in [2.75, 3.05) is 18.1 Å². The Labute approximate surface area is 250 Å². The molecule has 0 saturated carbocycles. The van der Waals surface area contributed by atoms with Gasteiger partial charge in [0.2, 0.25) is 0 Å². The molecule has 2 heterocycles. The normalized spacial score (nSPS) is 16.4. The van der Waals surface area contributed by atoms with Crippen LogP contribution in [-0.2, 0) is 26.9 Å². The van der Waals surface area contributed by atoms with Crippen molar-refractivity contribution in [2.24, 2.45) is 0 Å². The summed E-state index contributed by atoms with van der Waals surface area (Å²) in [5.41, 5.74) is 0.378. The molecule has 0 fully saturated rings. The van der Waals surface area contributed by atoms with Gasteiger partial charge in [-0.25, -0.2) is 9.07 Å². The Morgan fingerprint density at radius 2 is 1.68 bits per heavy atom. The number of nitrogens with one attached hydrogen (secondary N) is 1. The van der Waals surface area contributed by atoms with Crippen molar-refractivity contribution >= 4 is 23.6 Å². The van der Waals surface area contributed by atoms with Crippen LogP contribution in [0.3, 0.4) is 0 Å². The standard InChI is InChI=1S/C32H28F4N4O4/c1-3-39-30-27(24(18-25(41)44-4-2)38-40(30)23-11-6-5-7-12-23)26(19-13-15-22(33)16-14-19)28(31(39)43)37-29(42)20-9-8-10-21(17-20)32(34,35)36/h5-17,26,28H,3-4,18H2,1-2H3,(H,37,42)/t26-,28+/m1/s1. The fourth-order valence-corrected chi connectivity index (χ4v) is 5.39. The molecule has 1 aliphatic rings. The van der Waals surface area contributed by atoms with Crippen LogP contribution in [-0.4, -0.2) is 46.8 Å². The first-order chi connectivity index (χ1) is 21.0. The van der Waals surface area contributed by atoms with Gasteiger partial charge in [-0.3, -0.25) is 19.3 Å². The molecule has 4 aromatic rings. The van der Waals surface area contributed by atoms with Crippen LogP contribution in [0, 0.1) is 5.82 Å². The topological polar surface area (TPSA) is 93.5 Å². The maximum absolute atomic E-state index is 14.2. The van der Waals surface area contributed by atoms with Crippen LogP contribution in [0.2, 0.25) is 0 Å². The van der Waals surface area contributed by atoms with Gasteiger partial charge >= 0.3 is 12.1 Å². The molecule has 228 valence electrons. The van der Waals surface area contributed by atoms with E-state index in [1.54, 1.807) is 38.1 Å². The van der Waals surface area contributed by atoms with Crippen molar-refractivity contribution in [2.45, 2.75) is 38.4 Å². The van der Waals surface area contributed by atoms with Crippen molar-refractivity contribution < 1.29 is 36.7 Å². The van der Waals surface area contributed by atoms with E-state index < -0.39 is 47.3 Å². The van der Waals surface area contributed by atoms with Crippen molar-refractivity contribution in [1.29, 1.82) is 0 Å². The summed E-state index contributed by atoms with van der Waals surface area (Å²) in [4.78, 5) is 41.8. The van der Waals surface area contributed by atoms with Gasteiger partial charge in [-0.05, 0) is 61.9 Å². The van der Waals surface area contributed by atoms with Crippen LogP contribution < -0.4 is 10.2 Å². The summed E-state index contributed by atoms with van der Waals surface area (Å²) >= 11 is 0. The highest BCUT2D eigenvalue weighted by atomic mass is 19.4. The number of alkyl halides is 3. The third kappa shape index (κ3) is 5.92. The number of ether oxygens (including phenoxy) is 1. The Morgan fingerprint density at radius 1 is 0.977 bits per heavy atom. The predicted octanol–water partition coefficient (Wildman–Crippen LogP) is 5.43. The number of carbonyl (C=O) groups is 3. The number of hydrogen-bond acceptors (Lipinski definition) is 5. The highest BCUT2D eigenvalue weighted by Gasteiger charge is 2.46. The van der Waals surface area contributed by atoms with Gasteiger partial charge in [0.25, 0.3) is 11.8 Å². The number of halogens is 4. The fraction of sp³-hybridized carbons (Fsp3) is 0.250. The maximum atomic E-state index is 14.2. The van der Waals surface area contributed by atoms with Crippen LogP contribution in [0.25, 0.3) is 5.69 Å². The van der Waals surface area contributed by atoms with Crippen molar-refractivity contribution in [3.63, 3.8) is 0 Å². The molecule has 0 bridgehead atoms. The smallest absolute Gasteiger partial charge is 0.416 e. The third-order valence-corrected chi connectivity index (χ3v) is 7.31. The highest BCUT2D eigenvalue weighted by Crippen LogP contribution is 2.44. The summed E-state index contributed by atoms with van der Waals surface area (Å²) in [5, 5.41) is 7.37. The number of hydrogen-bond donors (Lipinski definition) is 1. The lowest BCUT2D eigenvalue weighted by atomic mass is 9.80. The maximum Gasteiger partial charge on any atom is 0.416 e. The lowest BCUT2D eigenvalue weighted by Gasteiger charge is -2.38. The molecule has 8 nitrogen and oxygen atoms in total. The second-order valence-corrected chi connectivity index (χ2v) is 10.1. The van der Waals surface area contributed by atoms with Crippen molar-refractivity contribution in [1.82, 2.24) is 15.1 Å². The van der Waals surface area contributed by atoms with Crippen LogP contribution in [0.1, 0.15) is 52.5 Å². The van der Waals surface area contributed by atoms with E-state index in [2.05, 4.69) is 5.32 Å². The van der Waals surface area contributed by atoms with E-state index in [0.717, 1.165) is 12.1 Å². The zero-order valence-electron chi connectivity index (χ0n) is 23.8. The van der Waals surface area contributed by atoms with E-state index in [9.17, 15) is 31.9 Å². The summed E-state index contributed by atoms with van der Waals surface area (Å²) in [6.07, 6.45) is -4.96. The van der Waals surface area contributed by atoms with E-state index in [1.807, 2.05) is 6.07 Å². The van der Waals surface area contributed by atoms with E-state index in [0.29, 0.717) is 28.7 Å². The van der Waals surface area contributed by atoms with Crippen molar-refractivity contribution in [3.05, 3.63) is 113 Å². The van der Waals surface area contributed by atoms with Gasteiger partial charge in [-0.1, -0.05) is 36.4 Å². The highest BCUT2D eigenvalue weighted by molar-refractivity contribution is 6.05. The van der Waals surface area contributed by atoms with Crippen LogP contribution >= 0.6 is 0 Å². The van der Waals surface area contributed by atoms with Crippen LogP contribution in [0.4, 0.5) is 23.4 Å². The van der Waals surface area contributed by atoms with Gasteiger partial charge in [0.15, 0.2) is 0 Å². The molecule has 0 spiro atoms. The minimum atomic E-state index is -4.68. The molecule has 1 aromatic heterocycles. The first-order valence-electron chi connectivity index (χ1n) is 13.9. The number of aromatic nitrogens is 2. The molecule has 44 heavy (non-hydrogen) atoms. The average Bonchev–Trinajstić information content (AvgIpc) is 3.36. The number of likely N-dealkylation sites (N-methyl/N-ethyl adjacent to an activating group) is 1. The number of anilines is 1. The molecule has 2 amide bonds. The molecule has 0 saturated heterocycles. The second kappa shape index (κ2) is 12.3. The SMILES string of the molecule is CCOC(=O)Cc1nn(-c2ccccc2)c2c1[C@@H](c1ccc(F)cc1)[C@H](NC(=O)c1cccc(C(F)(F)F)c1)C(=O)N2CC. The lowest BCUT2D eigenvalue weighted by molar-refractivity contribution is -0.142. The number of amides is 2. The summed E-state index contributed by atoms with van der Waals surface area (Å²) in [7, 11) is 0. The van der Waals surface area contributed by atoms with E-state index in [1.165, 1.54) is 39.9 Å². The minimum Gasteiger partial charge on any atom is -0.466 e. The van der Waals surface area contributed by atoms with Gasteiger partial charge in [0, 0.05) is 23.6 Å². The summed E-state index contributed by atoms with van der Waals surface area (Å²) in [5.74, 6) is -3.23. The molecule has 5 rings (SSSR count). The molecule has 1 aliphatic heterocycles. The number of esters is 1. The molecule has 3 aromatic carbocycles. The fourth-order valence-electron chi connectivity index (χ4n) is 5.39. The van der Waals surface area contributed by atoms with E-state index in [4.69, 9.17) is 9.84 Å². The monoisotopic (exact) mass is 608 g/mol. The number of para-hydroxylation sites is 1. The lowest BCUT2D eigenvalue weighted by Crippen LogP contribution is -2.55. The Kier molecular flexibility index (Phi) is 8.52. The molecule has 0 unspecified atom stereocenters. The van der Waals surface area contributed by atoms with Gasteiger partial charge < -0.3 is 10.1 Å². The van der Waals surface area contributed by atoms with Gasteiger partial charge in [-0.2, -0.15) is 18.3 Å². The average molecular weight is 609 g/mol. The Balaban J connectivity index is 1.70. The van der Waals surface area contributed by atoms with Gasteiger partial charge in [0.05, 0.1) is 30.0 Å². The van der Waals surface area contributed by atoms with E-state index in [-0.39, 0.29) is 30.8 Å². The summed E-state index contributed by atoms with van der Waals surface area (Å²) < 4.78 is 61.0. The molecular formula is C32H28F4N4O4. The summed E-state index contributed by atoms with van der Waals surface area (Å²) in [6.45, 7) is 3.64. The molecular weight excluding hydrogens is 580 g/mol. The Morgan fingerprint density at radius 3 is 2.32 bits per heavy atom. The number of rotatable bonds is 8. The molecule has 0 aliphatic carbocycles. The van der Waals surface area contributed by atoms with Gasteiger partial charge in [0.1, 0.15) is 17.7 Å². The number of benzene rings is 3. The van der Waals surface area contributed by atoms with Crippen LogP contribution in [0.5, 0.6) is 0 Å². The zero-order valence-corrected chi connectivity index (χ0v) is 23.8. The van der Waals surface area contributed by atoms with Crippen LogP contribution in [0.15, 0.2) is 78.9 Å². The summed E-state index contributed by atoms with van der Waals surface area (Å²) in [6, 6.07) is 16.8. The number of nitrogens with zero attached hydrogens (tertiary/aromatic N) is 3. The third-order valence-electron chi connectivity index (χ3n) is 7.31. The van der Waals surface area contributed by atoms with Crippen molar-refractivity contribution in [3.8, 4) is 5.69 Å². The molecule has 0 radical (unpaired) electrons. The van der Waals surface area contributed by atoms with E-state index >= 15 is 0 Å². The zero-order chi connectivity index (χ0) is 31.6. The molecule has 12 heteroatoms. The first-order valence-corrected chi connectivity index (χ1v) is 13.9. The Bertz CT molecular complexity index is 1690. The largest absolute Gasteiger partial charge is 0.466 e. The Hall–Kier alpha value is -5.00. The second-order valence-electron chi connectivity index (χ2n) is 10.1.